The summed E-state index contributed by atoms with van der Waals surface area (Å²) in [5, 5.41) is 0. The van der Waals surface area contributed by atoms with Gasteiger partial charge >= 0.3 is 0 Å². The fraction of sp³-hybridized carbons (Fsp3) is 0.222. The zero-order valence-corrected chi connectivity index (χ0v) is 12.9. The van der Waals surface area contributed by atoms with Crippen LogP contribution in [0.2, 0.25) is 0 Å². The minimum absolute atomic E-state index is 0.0769. The lowest BCUT2D eigenvalue weighted by atomic mass is 10.1. The number of hydrogen-bond donors (Lipinski definition) is 1. The molecule has 0 aromatic heterocycles. The van der Waals surface area contributed by atoms with Crippen molar-refractivity contribution in [3.63, 3.8) is 0 Å². The van der Waals surface area contributed by atoms with Crippen molar-refractivity contribution in [1.82, 2.24) is 0 Å². The van der Waals surface area contributed by atoms with Crippen LogP contribution < -0.4 is 15.4 Å². The zero-order valence-electron chi connectivity index (χ0n) is 12.9. The molecule has 0 fully saturated rings. The molecule has 3 rings (SSSR count). The monoisotopic (exact) mass is 310 g/mol. The maximum Gasteiger partial charge on any atom is 0.258 e. The number of anilines is 1. The van der Waals surface area contributed by atoms with Crippen molar-refractivity contribution in [3.05, 3.63) is 59.7 Å². The lowest BCUT2D eigenvalue weighted by Crippen LogP contribution is -2.35. The second-order valence-corrected chi connectivity index (χ2v) is 5.64. The number of ether oxygens (including phenoxy) is 1. The molecular weight excluding hydrogens is 292 g/mol. The van der Waals surface area contributed by atoms with Crippen molar-refractivity contribution in [2.45, 2.75) is 19.4 Å². The van der Waals surface area contributed by atoms with Crippen molar-refractivity contribution in [3.8, 4) is 5.75 Å². The van der Waals surface area contributed by atoms with Crippen molar-refractivity contribution in [2.75, 3.05) is 11.5 Å². The number of fused-ring (bicyclic) bond motifs is 1. The summed E-state index contributed by atoms with van der Waals surface area (Å²) in [6.07, 6.45) is 0.847. The Morgan fingerprint density at radius 1 is 1.22 bits per heavy atom. The van der Waals surface area contributed by atoms with Gasteiger partial charge in [0.2, 0.25) is 0 Å². The molecule has 0 saturated carbocycles. The highest BCUT2D eigenvalue weighted by Gasteiger charge is 2.31. The molecule has 118 valence electrons. The third-order valence-electron chi connectivity index (χ3n) is 3.89. The molecule has 23 heavy (non-hydrogen) atoms. The van der Waals surface area contributed by atoms with E-state index in [0.717, 1.165) is 12.1 Å². The molecule has 0 spiro atoms. The van der Waals surface area contributed by atoms with Gasteiger partial charge in [-0.25, -0.2) is 0 Å². The Labute approximate surface area is 134 Å². The first-order valence-corrected chi connectivity index (χ1v) is 7.49. The van der Waals surface area contributed by atoms with Crippen LogP contribution in [0.3, 0.4) is 0 Å². The van der Waals surface area contributed by atoms with Crippen LogP contribution in [0.5, 0.6) is 5.75 Å². The van der Waals surface area contributed by atoms with Crippen molar-refractivity contribution < 1.29 is 14.3 Å². The topological polar surface area (TPSA) is 72.6 Å². The van der Waals surface area contributed by atoms with Gasteiger partial charge in [0.15, 0.2) is 6.61 Å². The SMILES string of the molecule is CC1Cc2ccccc2N1C(=O)c1cccc(OCC(N)=O)c1. The van der Waals surface area contributed by atoms with E-state index in [4.69, 9.17) is 10.5 Å². The van der Waals surface area contributed by atoms with E-state index < -0.39 is 5.91 Å². The van der Waals surface area contributed by atoms with E-state index in [9.17, 15) is 9.59 Å². The molecule has 5 heteroatoms. The summed E-state index contributed by atoms with van der Waals surface area (Å²) in [6.45, 7) is 1.83. The molecule has 1 unspecified atom stereocenters. The van der Waals surface area contributed by atoms with E-state index in [0.29, 0.717) is 11.3 Å². The zero-order chi connectivity index (χ0) is 16.4. The molecule has 1 aliphatic rings. The number of amides is 2. The van der Waals surface area contributed by atoms with Gasteiger partial charge in [0.25, 0.3) is 11.8 Å². The van der Waals surface area contributed by atoms with E-state index in [1.54, 1.807) is 24.3 Å². The summed E-state index contributed by atoms with van der Waals surface area (Å²) in [7, 11) is 0. The highest BCUT2D eigenvalue weighted by atomic mass is 16.5. The van der Waals surface area contributed by atoms with Gasteiger partial charge in [0.05, 0.1) is 0 Å². The molecular formula is C18H18N2O3. The Kier molecular flexibility index (Phi) is 4.02. The standard InChI is InChI=1S/C18H18N2O3/c1-12-9-13-5-2-3-8-16(13)20(12)18(22)14-6-4-7-15(10-14)23-11-17(19)21/h2-8,10,12H,9,11H2,1H3,(H2,19,21). The lowest BCUT2D eigenvalue weighted by Gasteiger charge is -2.23. The minimum Gasteiger partial charge on any atom is -0.484 e. The minimum atomic E-state index is -0.552. The summed E-state index contributed by atoms with van der Waals surface area (Å²) in [5.41, 5.74) is 7.72. The number of rotatable bonds is 4. The maximum atomic E-state index is 12.9. The van der Waals surface area contributed by atoms with Gasteiger partial charge in [0.1, 0.15) is 5.75 Å². The molecule has 2 amide bonds. The molecule has 1 heterocycles. The number of primary amides is 1. The summed E-state index contributed by atoms with van der Waals surface area (Å²) in [4.78, 5) is 25.5. The number of para-hydroxylation sites is 1. The van der Waals surface area contributed by atoms with Gasteiger partial charge in [0, 0.05) is 17.3 Å². The molecule has 0 aliphatic carbocycles. The van der Waals surface area contributed by atoms with Gasteiger partial charge in [-0.2, -0.15) is 0 Å². The number of nitrogens with two attached hydrogens (primary N) is 1. The Morgan fingerprint density at radius 2 is 2.00 bits per heavy atom. The Balaban J connectivity index is 1.86. The van der Waals surface area contributed by atoms with Crippen LogP contribution >= 0.6 is 0 Å². The average Bonchev–Trinajstić information content (AvgIpc) is 2.88. The Morgan fingerprint density at radius 3 is 2.78 bits per heavy atom. The highest BCUT2D eigenvalue weighted by molar-refractivity contribution is 6.08. The normalized spacial score (nSPS) is 16.0. The second kappa shape index (κ2) is 6.12. The molecule has 0 radical (unpaired) electrons. The van der Waals surface area contributed by atoms with Crippen LogP contribution in [0, 0.1) is 0 Å². The summed E-state index contributed by atoms with van der Waals surface area (Å²) < 4.78 is 5.27. The Bertz CT molecular complexity index is 757. The van der Waals surface area contributed by atoms with E-state index in [-0.39, 0.29) is 18.6 Å². The number of carbonyl (C=O) groups is 2. The molecule has 2 aromatic carbocycles. The lowest BCUT2D eigenvalue weighted by molar-refractivity contribution is -0.119. The second-order valence-electron chi connectivity index (χ2n) is 5.64. The van der Waals surface area contributed by atoms with Gasteiger partial charge in [-0.15, -0.1) is 0 Å². The number of carbonyl (C=O) groups excluding carboxylic acids is 2. The highest BCUT2D eigenvalue weighted by Crippen LogP contribution is 2.33. The molecule has 0 bridgehead atoms. The third-order valence-corrected chi connectivity index (χ3v) is 3.89. The summed E-state index contributed by atoms with van der Waals surface area (Å²) >= 11 is 0. The van der Waals surface area contributed by atoms with Crippen LogP contribution in [-0.4, -0.2) is 24.5 Å². The quantitative estimate of drug-likeness (QED) is 0.940. The van der Waals surface area contributed by atoms with Crippen LogP contribution in [0.4, 0.5) is 5.69 Å². The van der Waals surface area contributed by atoms with E-state index >= 15 is 0 Å². The molecule has 1 atom stereocenters. The third kappa shape index (κ3) is 3.04. The summed E-state index contributed by atoms with van der Waals surface area (Å²) in [6, 6.07) is 14.8. The number of nitrogens with zero attached hydrogens (tertiary/aromatic N) is 1. The largest absolute Gasteiger partial charge is 0.484 e. The number of benzene rings is 2. The van der Waals surface area contributed by atoms with E-state index in [2.05, 4.69) is 0 Å². The van der Waals surface area contributed by atoms with Gasteiger partial charge in [-0.1, -0.05) is 24.3 Å². The Hall–Kier alpha value is -2.82. The fourth-order valence-electron chi connectivity index (χ4n) is 2.89. The van der Waals surface area contributed by atoms with Crippen LogP contribution in [0.15, 0.2) is 48.5 Å². The maximum absolute atomic E-state index is 12.9. The molecule has 0 saturated heterocycles. The smallest absolute Gasteiger partial charge is 0.258 e. The van der Waals surface area contributed by atoms with Gasteiger partial charge in [-0.3, -0.25) is 9.59 Å². The first-order valence-electron chi connectivity index (χ1n) is 7.49. The molecule has 2 aromatic rings. The summed E-state index contributed by atoms with van der Waals surface area (Å²) in [5.74, 6) is -0.175. The number of hydrogen-bond acceptors (Lipinski definition) is 3. The van der Waals surface area contributed by atoms with Gasteiger partial charge < -0.3 is 15.4 Å². The molecule has 2 N–H and O–H groups in total. The molecule has 5 nitrogen and oxygen atoms in total. The molecule has 1 aliphatic heterocycles. The average molecular weight is 310 g/mol. The van der Waals surface area contributed by atoms with Crippen LogP contribution in [-0.2, 0) is 11.2 Å². The van der Waals surface area contributed by atoms with Crippen molar-refractivity contribution in [1.29, 1.82) is 0 Å². The van der Waals surface area contributed by atoms with E-state index in [1.165, 1.54) is 5.56 Å². The van der Waals surface area contributed by atoms with Gasteiger partial charge in [-0.05, 0) is 43.2 Å². The van der Waals surface area contributed by atoms with E-state index in [1.807, 2.05) is 36.1 Å². The van der Waals surface area contributed by atoms with Crippen molar-refractivity contribution in [2.24, 2.45) is 5.73 Å². The predicted molar refractivity (Wildman–Crippen MR) is 87.5 cm³/mol. The first kappa shape index (κ1) is 15.1. The first-order chi connectivity index (χ1) is 11.1. The van der Waals surface area contributed by atoms with Crippen LogP contribution in [0.25, 0.3) is 0 Å². The predicted octanol–water partition coefficient (Wildman–Crippen LogP) is 2.14. The van der Waals surface area contributed by atoms with Crippen molar-refractivity contribution >= 4 is 17.5 Å². The fourth-order valence-corrected chi connectivity index (χ4v) is 2.89. The van der Waals surface area contributed by atoms with Crippen LogP contribution in [0.1, 0.15) is 22.8 Å².